The average molecular weight is 334 g/mol. The fraction of sp³-hybridized carbons (Fsp3) is 0.615. The molecule has 0 aromatic carbocycles. The Kier molecular flexibility index (Phi) is 7.00. The number of hydrogen-bond donors (Lipinski definition) is 1. The molecule has 0 aliphatic carbocycles. The lowest BCUT2D eigenvalue weighted by Gasteiger charge is -2.36. The summed E-state index contributed by atoms with van der Waals surface area (Å²) in [5.74, 6) is -0.224. The van der Waals surface area contributed by atoms with Crippen molar-refractivity contribution >= 4 is 26.1 Å². The van der Waals surface area contributed by atoms with Gasteiger partial charge in [-0.15, -0.1) is 12.6 Å². The lowest BCUT2D eigenvalue weighted by atomic mass is 10.4. The molecule has 120 valence electrons. The molecule has 6 nitrogen and oxygen atoms in total. The SMILES string of the molecule is CCOP(=O)(OCC)/C(C)=C\N1C(=O)C=CN(CC)C1S. The second-order valence-corrected chi connectivity index (χ2v) is 7.02. The molecule has 1 rings (SSSR count). The molecule has 1 aliphatic heterocycles. The quantitative estimate of drug-likeness (QED) is 0.573. The fourth-order valence-electron chi connectivity index (χ4n) is 1.85. The zero-order chi connectivity index (χ0) is 16.0. The van der Waals surface area contributed by atoms with Crippen molar-refractivity contribution in [1.82, 2.24) is 9.80 Å². The Balaban J connectivity index is 3.06. The minimum absolute atomic E-state index is 0.224. The Morgan fingerprint density at radius 1 is 1.38 bits per heavy atom. The van der Waals surface area contributed by atoms with Crippen molar-refractivity contribution < 1.29 is 18.4 Å². The first-order valence-corrected chi connectivity index (χ1v) is 8.97. The van der Waals surface area contributed by atoms with Crippen molar-refractivity contribution in [3.8, 4) is 0 Å². The van der Waals surface area contributed by atoms with E-state index in [9.17, 15) is 9.36 Å². The van der Waals surface area contributed by atoms with Gasteiger partial charge in [-0.3, -0.25) is 14.3 Å². The van der Waals surface area contributed by atoms with E-state index < -0.39 is 13.1 Å². The summed E-state index contributed by atoms with van der Waals surface area (Å²) >= 11 is 4.43. The van der Waals surface area contributed by atoms with Gasteiger partial charge in [-0.25, -0.2) is 0 Å². The zero-order valence-corrected chi connectivity index (χ0v) is 14.6. The average Bonchev–Trinajstić information content (AvgIpc) is 2.44. The Hall–Kier alpha value is -0.750. The highest BCUT2D eigenvalue weighted by Gasteiger charge is 2.31. The van der Waals surface area contributed by atoms with Gasteiger partial charge in [-0.05, 0) is 27.7 Å². The van der Waals surface area contributed by atoms with Crippen molar-refractivity contribution in [3.63, 3.8) is 0 Å². The van der Waals surface area contributed by atoms with Crippen LogP contribution in [0, 0.1) is 0 Å². The second-order valence-electron chi connectivity index (χ2n) is 4.34. The molecular weight excluding hydrogens is 311 g/mol. The Morgan fingerprint density at radius 3 is 2.43 bits per heavy atom. The lowest BCUT2D eigenvalue weighted by Crippen LogP contribution is -2.45. The molecule has 0 radical (unpaired) electrons. The minimum atomic E-state index is -3.37. The van der Waals surface area contributed by atoms with Gasteiger partial charge in [-0.1, -0.05) is 0 Å². The number of carbonyl (C=O) groups is 1. The first-order valence-electron chi connectivity index (χ1n) is 6.92. The molecule has 1 heterocycles. The molecule has 1 amide bonds. The summed E-state index contributed by atoms with van der Waals surface area (Å²) in [6, 6.07) is 0. The van der Waals surface area contributed by atoms with Crippen LogP contribution in [0.25, 0.3) is 0 Å². The van der Waals surface area contributed by atoms with E-state index in [1.54, 1.807) is 27.0 Å². The standard InChI is InChI=1S/C13H23N2O4PS/c1-5-14-9-8-12(16)15(13(14)21)10-11(4)20(17,18-6-2)19-7-3/h8-10,13,21H,5-7H2,1-4H3/b11-10-. The van der Waals surface area contributed by atoms with Crippen molar-refractivity contribution in [2.24, 2.45) is 0 Å². The fourth-order valence-corrected chi connectivity index (χ4v) is 3.70. The Labute approximate surface area is 131 Å². The van der Waals surface area contributed by atoms with Crippen LogP contribution in [0.15, 0.2) is 23.8 Å². The maximum atomic E-state index is 12.6. The minimum Gasteiger partial charge on any atom is -0.349 e. The molecule has 0 N–H and O–H groups in total. The molecular formula is C13H23N2O4PS. The summed E-state index contributed by atoms with van der Waals surface area (Å²) in [4.78, 5) is 15.3. The third-order valence-corrected chi connectivity index (χ3v) is 5.65. The predicted octanol–water partition coefficient (Wildman–Crippen LogP) is 3.01. The highest BCUT2D eigenvalue weighted by atomic mass is 32.1. The van der Waals surface area contributed by atoms with Crippen LogP contribution in [0.1, 0.15) is 27.7 Å². The highest BCUT2D eigenvalue weighted by molar-refractivity contribution is 7.80. The van der Waals surface area contributed by atoms with E-state index in [0.717, 1.165) is 0 Å². The second kappa shape index (κ2) is 8.03. The smallest absolute Gasteiger partial charge is 0.349 e. The molecule has 1 unspecified atom stereocenters. The van der Waals surface area contributed by atoms with E-state index in [2.05, 4.69) is 12.6 Å². The van der Waals surface area contributed by atoms with E-state index >= 15 is 0 Å². The third kappa shape index (κ3) is 4.36. The van der Waals surface area contributed by atoms with Gasteiger partial charge >= 0.3 is 7.60 Å². The Morgan fingerprint density at radius 2 is 1.95 bits per heavy atom. The number of thiol groups is 1. The van der Waals surface area contributed by atoms with Crippen molar-refractivity contribution in [2.45, 2.75) is 33.2 Å². The van der Waals surface area contributed by atoms with Crippen molar-refractivity contribution in [2.75, 3.05) is 19.8 Å². The molecule has 0 saturated heterocycles. The highest BCUT2D eigenvalue weighted by Crippen LogP contribution is 2.55. The van der Waals surface area contributed by atoms with E-state index in [1.165, 1.54) is 17.2 Å². The maximum absolute atomic E-state index is 12.6. The molecule has 0 bridgehead atoms. The summed E-state index contributed by atoms with van der Waals surface area (Å²) in [5.41, 5.74) is -0.445. The van der Waals surface area contributed by atoms with Crippen LogP contribution < -0.4 is 0 Å². The summed E-state index contributed by atoms with van der Waals surface area (Å²) in [6.07, 6.45) is 4.65. The molecule has 21 heavy (non-hydrogen) atoms. The molecule has 0 aromatic rings. The molecule has 0 aromatic heterocycles. The lowest BCUT2D eigenvalue weighted by molar-refractivity contribution is -0.126. The zero-order valence-electron chi connectivity index (χ0n) is 12.9. The summed E-state index contributed by atoms with van der Waals surface area (Å²) < 4.78 is 23.2. The van der Waals surface area contributed by atoms with Crippen LogP contribution in [0.2, 0.25) is 0 Å². The first kappa shape index (κ1) is 18.3. The van der Waals surface area contributed by atoms with Gasteiger partial charge in [0, 0.05) is 25.0 Å². The van der Waals surface area contributed by atoms with Crippen LogP contribution in [0.3, 0.4) is 0 Å². The van der Waals surface area contributed by atoms with Gasteiger partial charge in [-0.2, -0.15) is 0 Å². The number of carbonyl (C=O) groups excluding carboxylic acids is 1. The molecule has 1 aliphatic rings. The molecule has 0 fully saturated rings. The van der Waals surface area contributed by atoms with E-state index in [-0.39, 0.29) is 19.1 Å². The number of nitrogens with zero attached hydrogens (tertiary/aromatic N) is 2. The van der Waals surface area contributed by atoms with Crippen LogP contribution in [0.4, 0.5) is 0 Å². The van der Waals surface area contributed by atoms with Crippen molar-refractivity contribution in [3.05, 3.63) is 23.8 Å². The van der Waals surface area contributed by atoms with Crippen LogP contribution >= 0.6 is 20.2 Å². The number of amides is 1. The molecule has 0 spiro atoms. The Bertz CT molecular complexity index is 471. The summed E-state index contributed by atoms with van der Waals surface area (Å²) in [6.45, 7) is 8.32. The van der Waals surface area contributed by atoms with E-state index in [0.29, 0.717) is 11.9 Å². The van der Waals surface area contributed by atoms with Gasteiger partial charge in [0.1, 0.15) is 0 Å². The number of hydrogen-bond acceptors (Lipinski definition) is 6. The van der Waals surface area contributed by atoms with E-state index in [4.69, 9.17) is 9.05 Å². The van der Waals surface area contributed by atoms with Crippen LogP contribution in [-0.4, -0.2) is 41.0 Å². The topological polar surface area (TPSA) is 59.1 Å². The number of allylic oxidation sites excluding steroid dienone is 1. The van der Waals surface area contributed by atoms with Gasteiger partial charge < -0.3 is 13.9 Å². The molecule has 8 heteroatoms. The van der Waals surface area contributed by atoms with Gasteiger partial charge in [0.05, 0.1) is 18.5 Å². The van der Waals surface area contributed by atoms with Crippen LogP contribution in [-0.2, 0) is 18.4 Å². The number of rotatable bonds is 7. The van der Waals surface area contributed by atoms with Gasteiger partial charge in [0.2, 0.25) is 0 Å². The summed E-state index contributed by atoms with van der Waals surface area (Å²) in [7, 11) is -3.37. The van der Waals surface area contributed by atoms with Gasteiger partial charge in [0.15, 0.2) is 5.50 Å². The predicted molar refractivity (Wildman–Crippen MR) is 85.8 cm³/mol. The van der Waals surface area contributed by atoms with E-state index in [1.807, 2.05) is 11.8 Å². The first-order chi connectivity index (χ1) is 9.89. The van der Waals surface area contributed by atoms with Gasteiger partial charge in [0.25, 0.3) is 5.91 Å². The molecule has 1 atom stereocenters. The maximum Gasteiger partial charge on any atom is 0.358 e. The molecule has 0 saturated carbocycles. The summed E-state index contributed by atoms with van der Waals surface area (Å²) in [5, 5.41) is 0.380. The largest absolute Gasteiger partial charge is 0.358 e. The van der Waals surface area contributed by atoms with Crippen molar-refractivity contribution in [1.29, 1.82) is 0 Å². The monoisotopic (exact) mass is 334 g/mol. The third-order valence-electron chi connectivity index (χ3n) is 2.93. The normalized spacial score (nSPS) is 20.3. The van der Waals surface area contributed by atoms with Crippen LogP contribution in [0.5, 0.6) is 0 Å².